The molecular weight excluding hydrogens is 176 g/mol. The van der Waals surface area contributed by atoms with Crippen molar-refractivity contribution in [3.63, 3.8) is 0 Å². The normalized spacial score (nSPS) is 21.8. The Balaban J connectivity index is 2.34. The van der Waals surface area contributed by atoms with Gasteiger partial charge in [0.1, 0.15) is 0 Å². The number of rotatable bonds is 2. The molecule has 70 valence electrons. The van der Waals surface area contributed by atoms with E-state index in [1.54, 1.807) is 4.31 Å². The van der Waals surface area contributed by atoms with Crippen molar-refractivity contribution in [2.75, 3.05) is 13.1 Å². The van der Waals surface area contributed by atoms with Crippen molar-refractivity contribution in [2.24, 2.45) is 0 Å². The largest absolute Gasteiger partial charge is 0.274 e. The molecule has 4 nitrogen and oxygen atoms in total. The molecule has 1 unspecified atom stereocenters. The Kier molecular flexibility index (Phi) is 3.68. The Morgan fingerprint density at radius 3 is 2.42 bits per heavy atom. The van der Waals surface area contributed by atoms with Crippen molar-refractivity contribution in [1.29, 1.82) is 0 Å². The highest BCUT2D eigenvalue weighted by Crippen LogP contribution is 2.09. The second kappa shape index (κ2) is 4.57. The number of hydrogen-bond donors (Lipinski definition) is 1. The van der Waals surface area contributed by atoms with Crippen LogP contribution in [0.5, 0.6) is 0 Å². The number of nitrogens with one attached hydrogen (secondary N) is 1. The van der Waals surface area contributed by atoms with Crippen LogP contribution in [-0.2, 0) is 16.0 Å². The summed E-state index contributed by atoms with van der Waals surface area (Å²) in [4.78, 5) is 10.6. The molecule has 1 amide bonds. The Morgan fingerprint density at radius 1 is 1.33 bits per heavy atom. The summed E-state index contributed by atoms with van der Waals surface area (Å²) in [5.74, 6) is -0.237. The van der Waals surface area contributed by atoms with E-state index in [9.17, 15) is 9.00 Å². The molecule has 12 heavy (non-hydrogen) atoms. The Bertz CT molecular complexity index is 190. The predicted molar refractivity (Wildman–Crippen MR) is 47.4 cm³/mol. The molecule has 0 spiro atoms. The van der Waals surface area contributed by atoms with Crippen LogP contribution in [0.4, 0.5) is 0 Å². The molecule has 1 N–H and O–H groups in total. The van der Waals surface area contributed by atoms with E-state index in [1.165, 1.54) is 13.3 Å². The lowest BCUT2D eigenvalue weighted by Crippen LogP contribution is -2.40. The lowest BCUT2D eigenvalue weighted by atomic mass is 10.2. The molecule has 1 atom stereocenters. The Hall–Kier alpha value is -0.420. The molecule has 0 aromatic rings. The van der Waals surface area contributed by atoms with Gasteiger partial charge in [0.05, 0.1) is 0 Å². The maximum atomic E-state index is 11.3. The van der Waals surface area contributed by atoms with E-state index in [0.717, 1.165) is 25.9 Å². The van der Waals surface area contributed by atoms with Gasteiger partial charge in [-0.15, -0.1) is 0 Å². The maximum Gasteiger partial charge on any atom is 0.229 e. The highest BCUT2D eigenvalue weighted by Gasteiger charge is 2.16. The van der Waals surface area contributed by atoms with Gasteiger partial charge in [0.2, 0.25) is 5.91 Å². The average molecular weight is 190 g/mol. The van der Waals surface area contributed by atoms with Crippen molar-refractivity contribution in [3.05, 3.63) is 0 Å². The van der Waals surface area contributed by atoms with Crippen molar-refractivity contribution >= 4 is 17.1 Å². The van der Waals surface area contributed by atoms with Crippen molar-refractivity contribution < 1.29 is 9.00 Å². The zero-order valence-corrected chi connectivity index (χ0v) is 8.02. The SMILES string of the molecule is CC(=O)NS(=O)N1CCCCC1. The molecule has 0 aliphatic carbocycles. The summed E-state index contributed by atoms with van der Waals surface area (Å²) in [5.41, 5.74) is 0. The van der Waals surface area contributed by atoms with Crippen LogP contribution in [0.15, 0.2) is 0 Å². The number of carbonyl (C=O) groups excluding carboxylic acids is 1. The molecule has 5 heteroatoms. The van der Waals surface area contributed by atoms with E-state index in [2.05, 4.69) is 4.72 Å². The van der Waals surface area contributed by atoms with Crippen molar-refractivity contribution in [2.45, 2.75) is 26.2 Å². The Labute approximate surface area is 75.0 Å². The third-order valence-electron chi connectivity index (χ3n) is 1.78. The fourth-order valence-corrected chi connectivity index (χ4v) is 2.18. The van der Waals surface area contributed by atoms with Gasteiger partial charge >= 0.3 is 0 Å². The summed E-state index contributed by atoms with van der Waals surface area (Å²) in [7, 11) is 0. The lowest BCUT2D eigenvalue weighted by Gasteiger charge is -2.24. The highest BCUT2D eigenvalue weighted by atomic mass is 32.2. The van der Waals surface area contributed by atoms with Crippen LogP contribution >= 0.6 is 0 Å². The summed E-state index contributed by atoms with van der Waals surface area (Å²) in [6.07, 6.45) is 3.35. The van der Waals surface area contributed by atoms with E-state index in [1.807, 2.05) is 0 Å². The molecule has 0 bridgehead atoms. The molecule has 1 heterocycles. The number of carbonyl (C=O) groups is 1. The first-order chi connectivity index (χ1) is 5.70. The van der Waals surface area contributed by atoms with E-state index >= 15 is 0 Å². The zero-order chi connectivity index (χ0) is 8.97. The smallest absolute Gasteiger partial charge is 0.229 e. The van der Waals surface area contributed by atoms with E-state index in [-0.39, 0.29) is 5.91 Å². The van der Waals surface area contributed by atoms with Gasteiger partial charge < -0.3 is 0 Å². The van der Waals surface area contributed by atoms with Crippen molar-refractivity contribution in [3.8, 4) is 0 Å². The van der Waals surface area contributed by atoms with E-state index < -0.39 is 11.2 Å². The molecule has 1 fully saturated rings. The van der Waals surface area contributed by atoms with Crippen LogP contribution in [0.2, 0.25) is 0 Å². The van der Waals surface area contributed by atoms with Crippen LogP contribution in [0, 0.1) is 0 Å². The maximum absolute atomic E-state index is 11.3. The fraction of sp³-hybridized carbons (Fsp3) is 0.857. The second-order valence-electron chi connectivity index (χ2n) is 2.90. The standard InChI is InChI=1S/C7H14N2O2S/c1-7(10)8-12(11)9-5-3-2-4-6-9/h2-6H2,1H3,(H,8,10). The molecule has 1 aliphatic rings. The first-order valence-corrected chi connectivity index (χ1v) is 5.25. The third-order valence-corrected chi connectivity index (χ3v) is 3.08. The van der Waals surface area contributed by atoms with Crippen LogP contribution in [-0.4, -0.2) is 27.5 Å². The number of amides is 1. The minimum atomic E-state index is -1.30. The van der Waals surface area contributed by atoms with Gasteiger partial charge in [-0.05, 0) is 12.8 Å². The molecule has 1 saturated heterocycles. The molecule has 1 rings (SSSR count). The minimum absolute atomic E-state index is 0.237. The molecule has 0 saturated carbocycles. The fourth-order valence-electron chi connectivity index (χ4n) is 1.22. The quantitative estimate of drug-likeness (QED) is 0.675. The monoisotopic (exact) mass is 190 g/mol. The van der Waals surface area contributed by atoms with Crippen molar-refractivity contribution in [1.82, 2.24) is 9.03 Å². The summed E-state index contributed by atoms with van der Waals surface area (Å²) in [6, 6.07) is 0. The predicted octanol–water partition coefficient (Wildman–Crippen LogP) is 0.187. The minimum Gasteiger partial charge on any atom is -0.274 e. The van der Waals surface area contributed by atoms with Gasteiger partial charge in [0.15, 0.2) is 11.2 Å². The molecule has 0 radical (unpaired) electrons. The van der Waals surface area contributed by atoms with Crippen LogP contribution < -0.4 is 4.72 Å². The molecular formula is C7H14N2O2S. The second-order valence-corrected chi connectivity index (χ2v) is 4.12. The van der Waals surface area contributed by atoms with Gasteiger partial charge in [0, 0.05) is 20.0 Å². The van der Waals surface area contributed by atoms with Gasteiger partial charge in [-0.3, -0.25) is 9.52 Å². The van der Waals surface area contributed by atoms with Gasteiger partial charge in [-0.1, -0.05) is 6.42 Å². The van der Waals surface area contributed by atoms with Gasteiger partial charge in [-0.2, -0.15) is 0 Å². The average Bonchev–Trinajstić information content (AvgIpc) is 2.05. The molecule has 0 aromatic heterocycles. The lowest BCUT2D eigenvalue weighted by molar-refractivity contribution is -0.117. The first-order valence-electron chi connectivity index (χ1n) is 4.14. The Morgan fingerprint density at radius 2 is 1.92 bits per heavy atom. The number of hydrogen-bond acceptors (Lipinski definition) is 2. The van der Waals surface area contributed by atoms with Crippen LogP contribution in [0.1, 0.15) is 26.2 Å². The first kappa shape index (κ1) is 9.67. The summed E-state index contributed by atoms with van der Waals surface area (Å²) in [6.45, 7) is 3.03. The summed E-state index contributed by atoms with van der Waals surface area (Å²) >= 11 is -1.30. The summed E-state index contributed by atoms with van der Waals surface area (Å²) < 4.78 is 15.5. The summed E-state index contributed by atoms with van der Waals surface area (Å²) in [5, 5.41) is 0. The van der Waals surface area contributed by atoms with E-state index in [0.29, 0.717) is 0 Å². The topological polar surface area (TPSA) is 49.4 Å². The third kappa shape index (κ3) is 2.91. The highest BCUT2D eigenvalue weighted by molar-refractivity contribution is 7.81. The zero-order valence-electron chi connectivity index (χ0n) is 7.21. The van der Waals surface area contributed by atoms with Crippen LogP contribution in [0.25, 0.3) is 0 Å². The van der Waals surface area contributed by atoms with Gasteiger partial charge in [-0.25, -0.2) is 8.51 Å². The van der Waals surface area contributed by atoms with Gasteiger partial charge in [0.25, 0.3) is 0 Å². The number of piperidine rings is 1. The van der Waals surface area contributed by atoms with Crippen LogP contribution in [0.3, 0.4) is 0 Å². The van der Waals surface area contributed by atoms with E-state index in [4.69, 9.17) is 0 Å². The molecule has 0 aromatic carbocycles. The number of nitrogens with zero attached hydrogens (tertiary/aromatic N) is 1. The molecule has 1 aliphatic heterocycles.